The first-order valence-electron chi connectivity index (χ1n) is 6.15. The average molecular weight is 263 g/mol. The SMILES string of the molecule is CC(=O)c1ccccc1NC(=O)C#Cc1ccccc1. The Morgan fingerprint density at radius 1 is 0.950 bits per heavy atom. The van der Waals surface area contributed by atoms with Gasteiger partial charge in [-0.05, 0) is 31.2 Å². The number of ketones is 1. The molecule has 0 heterocycles. The minimum Gasteiger partial charge on any atom is -0.314 e. The van der Waals surface area contributed by atoms with Gasteiger partial charge in [0, 0.05) is 17.0 Å². The molecule has 0 saturated carbocycles. The van der Waals surface area contributed by atoms with Gasteiger partial charge in [0.05, 0.1) is 5.69 Å². The molecule has 2 aromatic carbocycles. The van der Waals surface area contributed by atoms with Crippen LogP contribution in [0, 0.1) is 11.8 Å². The normalized spacial score (nSPS) is 9.25. The standard InChI is InChI=1S/C17H13NO2/c1-13(19)15-9-5-6-10-16(15)18-17(20)12-11-14-7-3-2-4-8-14/h2-10H,1H3,(H,18,20). The molecule has 0 aliphatic heterocycles. The Morgan fingerprint density at radius 3 is 2.30 bits per heavy atom. The third-order valence-corrected chi connectivity index (χ3v) is 2.65. The molecular weight excluding hydrogens is 250 g/mol. The number of hydrogen-bond donors (Lipinski definition) is 1. The van der Waals surface area contributed by atoms with Crippen LogP contribution in [-0.2, 0) is 4.79 Å². The Bertz CT molecular complexity index is 694. The molecule has 0 aliphatic rings. The maximum absolute atomic E-state index is 11.8. The van der Waals surface area contributed by atoms with Gasteiger partial charge in [0.1, 0.15) is 0 Å². The van der Waals surface area contributed by atoms with Crippen LogP contribution in [0.3, 0.4) is 0 Å². The number of amides is 1. The Balaban J connectivity index is 2.14. The molecule has 2 rings (SSSR count). The molecule has 0 atom stereocenters. The first kappa shape index (κ1) is 13.6. The smallest absolute Gasteiger partial charge is 0.300 e. The van der Waals surface area contributed by atoms with E-state index >= 15 is 0 Å². The van der Waals surface area contributed by atoms with Gasteiger partial charge in [0.15, 0.2) is 5.78 Å². The molecular formula is C17H13NO2. The summed E-state index contributed by atoms with van der Waals surface area (Å²) in [6.45, 7) is 1.46. The van der Waals surface area contributed by atoms with Crippen molar-refractivity contribution in [2.45, 2.75) is 6.92 Å². The molecule has 0 aliphatic carbocycles. The molecule has 0 spiro atoms. The highest BCUT2D eigenvalue weighted by atomic mass is 16.1. The van der Waals surface area contributed by atoms with Gasteiger partial charge in [-0.25, -0.2) is 0 Å². The second kappa shape index (κ2) is 6.35. The lowest BCUT2D eigenvalue weighted by Crippen LogP contribution is -2.11. The molecule has 0 saturated heterocycles. The summed E-state index contributed by atoms with van der Waals surface area (Å²) in [5.41, 5.74) is 1.72. The Kier molecular flexibility index (Phi) is 4.31. The van der Waals surface area contributed by atoms with Crippen LogP contribution < -0.4 is 5.32 Å². The van der Waals surface area contributed by atoms with Crippen molar-refractivity contribution in [3.8, 4) is 11.8 Å². The highest BCUT2D eigenvalue weighted by molar-refractivity contribution is 6.09. The second-order valence-electron chi connectivity index (χ2n) is 4.17. The third kappa shape index (κ3) is 3.56. The number of hydrogen-bond acceptors (Lipinski definition) is 2. The van der Waals surface area contributed by atoms with Crippen LogP contribution in [0.15, 0.2) is 54.6 Å². The van der Waals surface area contributed by atoms with Crippen LogP contribution >= 0.6 is 0 Å². The monoisotopic (exact) mass is 263 g/mol. The number of Topliss-reactive ketones (excluding diaryl/α,β-unsaturated/α-hetero) is 1. The van der Waals surface area contributed by atoms with E-state index in [2.05, 4.69) is 17.2 Å². The predicted octanol–water partition coefficient (Wildman–Crippen LogP) is 2.88. The van der Waals surface area contributed by atoms with Gasteiger partial charge in [0.2, 0.25) is 0 Å². The molecule has 1 N–H and O–H groups in total. The van der Waals surface area contributed by atoms with E-state index in [4.69, 9.17) is 0 Å². The summed E-state index contributed by atoms with van der Waals surface area (Å²) in [6.07, 6.45) is 0. The lowest BCUT2D eigenvalue weighted by molar-refractivity contribution is -0.111. The summed E-state index contributed by atoms with van der Waals surface area (Å²) in [4.78, 5) is 23.2. The molecule has 0 bridgehead atoms. The van der Waals surface area contributed by atoms with Crippen molar-refractivity contribution >= 4 is 17.4 Å². The van der Waals surface area contributed by atoms with Crippen molar-refractivity contribution in [3.05, 3.63) is 65.7 Å². The summed E-state index contributed by atoms with van der Waals surface area (Å²) in [5.74, 6) is 4.73. The van der Waals surface area contributed by atoms with E-state index in [1.807, 2.05) is 30.3 Å². The van der Waals surface area contributed by atoms with Crippen LogP contribution in [0.1, 0.15) is 22.8 Å². The van der Waals surface area contributed by atoms with Crippen LogP contribution in [0.25, 0.3) is 0 Å². The number of benzene rings is 2. The molecule has 0 fully saturated rings. The van der Waals surface area contributed by atoms with Crippen molar-refractivity contribution in [2.75, 3.05) is 5.32 Å². The van der Waals surface area contributed by atoms with E-state index in [1.165, 1.54) is 6.92 Å². The average Bonchev–Trinajstić information content (AvgIpc) is 2.46. The van der Waals surface area contributed by atoms with Gasteiger partial charge in [-0.3, -0.25) is 9.59 Å². The van der Waals surface area contributed by atoms with Crippen LogP contribution in [0.2, 0.25) is 0 Å². The fraction of sp³-hybridized carbons (Fsp3) is 0.0588. The molecule has 0 aromatic heterocycles. The van der Waals surface area contributed by atoms with E-state index in [9.17, 15) is 9.59 Å². The molecule has 98 valence electrons. The van der Waals surface area contributed by atoms with Crippen molar-refractivity contribution in [1.82, 2.24) is 0 Å². The van der Waals surface area contributed by atoms with Gasteiger partial charge in [-0.1, -0.05) is 36.3 Å². The molecule has 20 heavy (non-hydrogen) atoms. The summed E-state index contributed by atoms with van der Waals surface area (Å²) in [7, 11) is 0. The van der Waals surface area contributed by atoms with Crippen molar-refractivity contribution in [1.29, 1.82) is 0 Å². The summed E-state index contributed by atoms with van der Waals surface area (Å²) in [5, 5.41) is 2.63. The molecule has 0 unspecified atom stereocenters. The minimum atomic E-state index is -0.442. The first-order valence-corrected chi connectivity index (χ1v) is 6.15. The Hall–Kier alpha value is -2.86. The minimum absolute atomic E-state index is 0.100. The highest BCUT2D eigenvalue weighted by Crippen LogP contribution is 2.15. The highest BCUT2D eigenvalue weighted by Gasteiger charge is 2.07. The van der Waals surface area contributed by atoms with Crippen LogP contribution in [-0.4, -0.2) is 11.7 Å². The van der Waals surface area contributed by atoms with Gasteiger partial charge in [0.25, 0.3) is 0 Å². The number of nitrogens with one attached hydrogen (secondary N) is 1. The van der Waals surface area contributed by atoms with Gasteiger partial charge >= 0.3 is 5.91 Å². The third-order valence-electron chi connectivity index (χ3n) is 2.65. The van der Waals surface area contributed by atoms with Crippen molar-refractivity contribution in [3.63, 3.8) is 0 Å². The van der Waals surface area contributed by atoms with Gasteiger partial charge < -0.3 is 5.32 Å². The number of rotatable bonds is 2. The zero-order valence-electron chi connectivity index (χ0n) is 11.0. The molecule has 3 heteroatoms. The number of carbonyl (C=O) groups is 2. The van der Waals surface area contributed by atoms with E-state index in [1.54, 1.807) is 24.3 Å². The summed E-state index contributed by atoms with van der Waals surface area (Å²) >= 11 is 0. The fourth-order valence-corrected chi connectivity index (χ4v) is 1.70. The maximum atomic E-state index is 11.8. The largest absolute Gasteiger partial charge is 0.314 e. The van der Waals surface area contributed by atoms with E-state index < -0.39 is 5.91 Å². The molecule has 1 amide bonds. The quantitative estimate of drug-likeness (QED) is 0.669. The van der Waals surface area contributed by atoms with Crippen molar-refractivity contribution in [2.24, 2.45) is 0 Å². The number of para-hydroxylation sites is 1. The second-order valence-corrected chi connectivity index (χ2v) is 4.17. The van der Waals surface area contributed by atoms with E-state index in [-0.39, 0.29) is 5.78 Å². The molecule has 2 aromatic rings. The summed E-state index contributed by atoms with van der Waals surface area (Å²) in [6, 6.07) is 16.1. The number of carbonyl (C=O) groups excluding carboxylic acids is 2. The lowest BCUT2D eigenvalue weighted by Gasteiger charge is -2.05. The zero-order chi connectivity index (χ0) is 14.4. The number of anilines is 1. The lowest BCUT2D eigenvalue weighted by atomic mass is 10.1. The van der Waals surface area contributed by atoms with Crippen molar-refractivity contribution < 1.29 is 9.59 Å². The van der Waals surface area contributed by atoms with Gasteiger partial charge in [-0.2, -0.15) is 0 Å². The van der Waals surface area contributed by atoms with Crippen LogP contribution in [0.5, 0.6) is 0 Å². The topological polar surface area (TPSA) is 46.2 Å². The molecule has 3 nitrogen and oxygen atoms in total. The maximum Gasteiger partial charge on any atom is 0.300 e. The Morgan fingerprint density at radius 2 is 1.60 bits per heavy atom. The van der Waals surface area contributed by atoms with Crippen LogP contribution in [0.4, 0.5) is 5.69 Å². The molecule has 0 radical (unpaired) electrons. The fourth-order valence-electron chi connectivity index (χ4n) is 1.70. The van der Waals surface area contributed by atoms with E-state index in [0.29, 0.717) is 11.3 Å². The first-order chi connectivity index (χ1) is 9.66. The Labute approximate surface area is 117 Å². The van der Waals surface area contributed by atoms with Gasteiger partial charge in [-0.15, -0.1) is 0 Å². The predicted molar refractivity (Wildman–Crippen MR) is 78.4 cm³/mol. The summed E-state index contributed by atoms with van der Waals surface area (Å²) < 4.78 is 0. The zero-order valence-corrected chi connectivity index (χ0v) is 11.0. The van der Waals surface area contributed by atoms with E-state index in [0.717, 1.165) is 5.56 Å².